The Hall–Kier alpha value is -2.87. The normalized spacial score (nSPS) is 11.9. The van der Waals surface area contributed by atoms with Crippen LogP contribution in [0.3, 0.4) is 0 Å². The highest BCUT2D eigenvalue weighted by atomic mass is 16.5. The molecule has 0 radical (unpaired) electrons. The van der Waals surface area contributed by atoms with Gasteiger partial charge in [-0.15, -0.1) is 0 Å². The molecule has 0 spiro atoms. The zero-order valence-electron chi connectivity index (χ0n) is 15.8. The Morgan fingerprint density at radius 2 is 1.89 bits per heavy atom. The molecule has 0 fully saturated rings. The maximum atomic E-state index is 12.3. The summed E-state index contributed by atoms with van der Waals surface area (Å²) in [5, 5.41) is 12.6. The predicted molar refractivity (Wildman–Crippen MR) is 102 cm³/mol. The van der Waals surface area contributed by atoms with Gasteiger partial charge in [-0.2, -0.15) is 0 Å². The Morgan fingerprint density at radius 3 is 2.52 bits per heavy atom. The Balaban J connectivity index is 1.84. The Bertz CT molecular complexity index is 750. The van der Waals surface area contributed by atoms with Gasteiger partial charge in [0, 0.05) is 12.2 Å². The van der Waals surface area contributed by atoms with E-state index in [9.17, 15) is 9.90 Å². The summed E-state index contributed by atoms with van der Waals surface area (Å²) in [6, 6.07) is 8.62. The zero-order valence-corrected chi connectivity index (χ0v) is 15.8. The molecule has 2 aromatic rings. The number of aliphatic hydroxyl groups excluding tert-OH is 1. The fourth-order valence-corrected chi connectivity index (χ4v) is 2.38. The average molecular weight is 374 g/mol. The molecule has 1 amide bonds. The van der Waals surface area contributed by atoms with Crippen LogP contribution in [0.1, 0.15) is 30.0 Å². The number of carbonyl (C=O) groups excluding carboxylic acids is 1. The van der Waals surface area contributed by atoms with E-state index in [0.29, 0.717) is 23.8 Å². The van der Waals surface area contributed by atoms with Crippen LogP contribution in [0.25, 0.3) is 0 Å². The number of hydrogen-bond acceptors (Lipinski definition) is 7. The van der Waals surface area contributed by atoms with E-state index in [1.807, 2.05) is 0 Å². The third-order valence-corrected chi connectivity index (χ3v) is 3.65. The quantitative estimate of drug-likeness (QED) is 0.607. The molecule has 27 heavy (non-hydrogen) atoms. The lowest BCUT2D eigenvalue weighted by Gasteiger charge is -2.14. The SMILES string of the molecule is COc1ccc(OCC(O)CNC(=O)c2cc(CC(C)C)nc(N)n2)cc1. The van der Waals surface area contributed by atoms with Crippen molar-refractivity contribution in [3.63, 3.8) is 0 Å². The van der Waals surface area contributed by atoms with Crippen molar-refractivity contribution in [3.8, 4) is 11.5 Å². The predicted octanol–water partition coefficient (Wildman–Crippen LogP) is 1.44. The van der Waals surface area contributed by atoms with E-state index < -0.39 is 12.0 Å². The molecular weight excluding hydrogens is 348 g/mol. The molecule has 1 atom stereocenters. The van der Waals surface area contributed by atoms with Crippen LogP contribution in [-0.2, 0) is 6.42 Å². The molecule has 0 saturated heterocycles. The highest BCUT2D eigenvalue weighted by molar-refractivity contribution is 5.92. The number of nitrogen functional groups attached to an aromatic ring is 1. The maximum Gasteiger partial charge on any atom is 0.270 e. The zero-order chi connectivity index (χ0) is 19.8. The highest BCUT2D eigenvalue weighted by Gasteiger charge is 2.14. The maximum absolute atomic E-state index is 12.3. The van der Waals surface area contributed by atoms with Crippen LogP contribution in [0.2, 0.25) is 0 Å². The fraction of sp³-hybridized carbons (Fsp3) is 0.421. The molecule has 146 valence electrons. The van der Waals surface area contributed by atoms with E-state index in [1.165, 1.54) is 0 Å². The van der Waals surface area contributed by atoms with Crippen molar-refractivity contribution >= 4 is 11.9 Å². The van der Waals surface area contributed by atoms with Gasteiger partial charge in [-0.05, 0) is 42.7 Å². The molecule has 4 N–H and O–H groups in total. The fourth-order valence-electron chi connectivity index (χ4n) is 2.38. The van der Waals surface area contributed by atoms with Crippen molar-refractivity contribution in [3.05, 3.63) is 41.7 Å². The minimum atomic E-state index is -0.870. The van der Waals surface area contributed by atoms with E-state index in [0.717, 1.165) is 5.75 Å². The van der Waals surface area contributed by atoms with Gasteiger partial charge in [0.1, 0.15) is 29.9 Å². The minimum Gasteiger partial charge on any atom is -0.497 e. The summed E-state index contributed by atoms with van der Waals surface area (Å²) in [5.41, 5.74) is 6.58. The standard InChI is InChI=1S/C19H26N4O4/c1-12(2)8-13-9-17(23-19(20)22-13)18(25)21-10-14(24)11-27-16-6-4-15(26-3)5-7-16/h4-7,9,12,14,24H,8,10-11H2,1-3H3,(H,21,25)(H2,20,22,23). The topological polar surface area (TPSA) is 120 Å². The van der Waals surface area contributed by atoms with Gasteiger partial charge in [0.15, 0.2) is 0 Å². The summed E-state index contributed by atoms with van der Waals surface area (Å²) in [5.74, 6) is 1.34. The number of benzene rings is 1. The summed E-state index contributed by atoms with van der Waals surface area (Å²) in [6.07, 6.45) is -0.170. The lowest BCUT2D eigenvalue weighted by Crippen LogP contribution is -2.35. The number of rotatable bonds is 9. The van der Waals surface area contributed by atoms with Crippen LogP contribution < -0.4 is 20.5 Å². The molecule has 0 saturated carbocycles. The first-order valence-electron chi connectivity index (χ1n) is 8.74. The highest BCUT2D eigenvalue weighted by Crippen LogP contribution is 2.17. The van der Waals surface area contributed by atoms with Crippen molar-refractivity contribution in [2.24, 2.45) is 5.92 Å². The van der Waals surface area contributed by atoms with Gasteiger partial charge in [-0.1, -0.05) is 13.8 Å². The van der Waals surface area contributed by atoms with Crippen LogP contribution >= 0.6 is 0 Å². The largest absolute Gasteiger partial charge is 0.497 e. The first kappa shape index (κ1) is 20.4. The number of nitrogens with two attached hydrogens (primary N) is 1. The smallest absolute Gasteiger partial charge is 0.270 e. The first-order chi connectivity index (χ1) is 12.9. The van der Waals surface area contributed by atoms with E-state index >= 15 is 0 Å². The lowest BCUT2D eigenvalue weighted by atomic mass is 10.1. The number of methoxy groups -OCH3 is 1. The van der Waals surface area contributed by atoms with Gasteiger partial charge in [-0.25, -0.2) is 9.97 Å². The molecule has 0 aliphatic carbocycles. The molecule has 0 aliphatic rings. The van der Waals surface area contributed by atoms with Gasteiger partial charge in [0.2, 0.25) is 5.95 Å². The van der Waals surface area contributed by atoms with Crippen molar-refractivity contribution in [1.29, 1.82) is 0 Å². The molecule has 1 heterocycles. The second kappa shape index (κ2) is 9.72. The Labute approximate surface area is 158 Å². The van der Waals surface area contributed by atoms with Gasteiger partial charge < -0.3 is 25.6 Å². The van der Waals surface area contributed by atoms with Gasteiger partial charge in [-0.3, -0.25) is 4.79 Å². The number of hydrogen-bond donors (Lipinski definition) is 3. The molecule has 0 aliphatic heterocycles. The molecule has 1 unspecified atom stereocenters. The van der Waals surface area contributed by atoms with Gasteiger partial charge >= 0.3 is 0 Å². The van der Waals surface area contributed by atoms with Crippen molar-refractivity contribution in [2.45, 2.75) is 26.4 Å². The van der Waals surface area contributed by atoms with E-state index in [4.69, 9.17) is 15.2 Å². The monoisotopic (exact) mass is 374 g/mol. The number of aromatic nitrogens is 2. The molecule has 0 bridgehead atoms. The second-order valence-electron chi connectivity index (χ2n) is 6.55. The number of amides is 1. The number of nitrogens with one attached hydrogen (secondary N) is 1. The van der Waals surface area contributed by atoms with E-state index in [-0.39, 0.29) is 24.8 Å². The Kier molecular flexibility index (Phi) is 7.36. The molecule has 1 aromatic carbocycles. The van der Waals surface area contributed by atoms with Gasteiger partial charge in [0.25, 0.3) is 5.91 Å². The lowest BCUT2D eigenvalue weighted by molar-refractivity contribution is 0.0839. The van der Waals surface area contributed by atoms with Crippen molar-refractivity contribution in [1.82, 2.24) is 15.3 Å². The molecule has 8 nitrogen and oxygen atoms in total. The number of carbonyl (C=O) groups is 1. The van der Waals surface area contributed by atoms with Crippen LogP contribution in [0, 0.1) is 5.92 Å². The van der Waals surface area contributed by atoms with Gasteiger partial charge in [0.05, 0.1) is 7.11 Å². The molecule has 1 aromatic heterocycles. The van der Waals surface area contributed by atoms with E-state index in [2.05, 4.69) is 29.1 Å². The third kappa shape index (κ3) is 6.74. The van der Waals surface area contributed by atoms with E-state index in [1.54, 1.807) is 37.4 Å². The number of anilines is 1. The summed E-state index contributed by atoms with van der Waals surface area (Å²) < 4.78 is 10.6. The van der Waals surface area contributed by atoms with Crippen molar-refractivity contribution < 1.29 is 19.4 Å². The number of aliphatic hydroxyl groups is 1. The van der Waals surface area contributed by atoms with Crippen LogP contribution in [0.4, 0.5) is 5.95 Å². The summed E-state index contributed by atoms with van der Waals surface area (Å²) in [6.45, 7) is 4.17. The van der Waals surface area contributed by atoms with Crippen LogP contribution in [-0.4, -0.2) is 47.3 Å². The third-order valence-electron chi connectivity index (χ3n) is 3.65. The number of ether oxygens (including phenoxy) is 2. The summed E-state index contributed by atoms with van der Waals surface area (Å²) in [7, 11) is 1.58. The summed E-state index contributed by atoms with van der Waals surface area (Å²) in [4.78, 5) is 20.4. The minimum absolute atomic E-state index is 0.0262. The average Bonchev–Trinajstić information content (AvgIpc) is 2.63. The van der Waals surface area contributed by atoms with Crippen LogP contribution in [0.5, 0.6) is 11.5 Å². The van der Waals surface area contributed by atoms with Crippen LogP contribution in [0.15, 0.2) is 30.3 Å². The molecule has 8 heteroatoms. The Morgan fingerprint density at radius 1 is 1.22 bits per heavy atom. The summed E-state index contributed by atoms with van der Waals surface area (Å²) >= 11 is 0. The molecular formula is C19H26N4O4. The first-order valence-corrected chi connectivity index (χ1v) is 8.74. The van der Waals surface area contributed by atoms with Crippen molar-refractivity contribution in [2.75, 3.05) is 26.0 Å². The second-order valence-corrected chi connectivity index (χ2v) is 6.55. The molecule has 2 rings (SSSR count). The number of nitrogens with zero attached hydrogens (tertiary/aromatic N) is 2.